The van der Waals surface area contributed by atoms with Crippen molar-refractivity contribution in [1.82, 2.24) is 9.62 Å². The van der Waals surface area contributed by atoms with E-state index in [9.17, 15) is 13.2 Å². The Morgan fingerprint density at radius 1 is 1.06 bits per heavy atom. The molecule has 6 nitrogen and oxygen atoms in total. The molecule has 2 aromatic rings. The molecule has 8 heteroatoms. The number of carbonyl (C=O) groups is 1. The predicted octanol–water partition coefficient (Wildman–Crippen LogP) is 3.75. The molecule has 0 spiro atoms. The number of nitrogens with zero attached hydrogens (tertiary/aromatic N) is 1. The van der Waals surface area contributed by atoms with Crippen LogP contribution in [-0.2, 0) is 10.0 Å². The first-order valence-corrected chi connectivity index (χ1v) is 12.5. The monoisotopic (exact) mass is 462 g/mol. The quantitative estimate of drug-likeness (QED) is 0.430. The molecule has 31 heavy (non-hydrogen) atoms. The first kappa shape index (κ1) is 22.3. The van der Waals surface area contributed by atoms with E-state index in [-0.39, 0.29) is 22.6 Å². The molecule has 1 saturated heterocycles. The van der Waals surface area contributed by atoms with E-state index in [0.717, 1.165) is 50.1 Å². The number of rotatable bonds is 10. The Morgan fingerprint density at radius 2 is 1.77 bits per heavy atom. The summed E-state index contributed by atoms with van der Waals surface area (Å²) in [5.74, 6) is 1.23. The maximum Gasteiger partial charge on any atom is 0.240 e. The van der Waals surface area contributed by atoms with Gasteiger partial charge in [0.05, 0.1) is 11.5 Å². The molecular formula is C23H27ClN2O4S. The zero-order valence-electron chi connectivity index (χ0n) is 17.3. The summed E-state index contributed by atoms with van der Waals surface area (Å²) in [6.45, 7) is 2.96. The van der Waals surface area contributed by atoms with Gasteiger partial charge in [-0.2, -0.15) is 0 Å². The summed E-state index contributed by atoms with van der Waals surface area (Å²) < 4.78 is 33.6. The summed E-state index contributed by atoms with van der Waals surface area (Å²) in [6.07, 6.45) is 3.65. The molecule has 0 radical (unpaired) electrons. The number of sulfonamides is 1. The summed E-state index contributed by atoms with van der Waals surface area (Å²) in [7, 11) is -3.54. The number of nitrogens with one attached hydrogen (secondary N) is 1. The van der Waals surface area contributed by atoms with Gasteiger partial charge in [0.2, 0.25) is 10.0 Å². The lowest BCUT2D eigenvalue weighted by Crippen LogP contribution is -2.37. The molecule has 0 aromatic heterocycles. The summed E-state index contributed by atoms with van der Waals surface area (Å²) in [5.41, 5.74) is 0.763. The van der Waals surface area contributed by atoms with Gasteiger partial charge in [0.15, 0.2) is 5.78 Å². The van der Waals surface area contributed by atoms with E-state index in [0.29, 0.717) is 18.2 Å². The maximum absolute atomic E-state index is 12.5. The molecule has 1 N–H and O–H groups in total. The van der Waals surface area contributed by atoms with Crippen LogP contribution in [0.2, 0.25) is 5.02 Å². The molecule has 2 aliphatic rings. The fourth-order valence-electron chi connectivity index (χ4n) is 3.81. The summed E-state index contributed by atoms with van der Waals surface area (Å²) >= 11 is 5.84. The van der Waals surface area contributed by atoms with Crippen LogP contribution < -0.4 is 9.46 Å². The van der Waals surface area contributed by atoms with Gasteiger partial charge in [-0.1, -0.05) is 11.6 Å². The van der Waals surface area contributed by atoms with Gasteiger partial charge in [-0.15, -0.1) is 0 Å². The third kappa shape index (κ3) is 6.07. The second-order valence-corrected chi connectivity index (χ2v) is 10.4. The zero-order valence-corrected chi connectivity index (χ0v) is 18.9. The van der Waals surface area contributed by atoms with Gasteiger partial charge in [0.1, 0.15) is 5.75 Å². The highest BCUT2D eigenvalue weighted by atomic mass is 35.5. The standard InChI is InChI=1S/C23H27ClN2O4S/c24-19-6-10-22(11-7-19)31(28,29)25-20-12-14-26(16-20)13-1-15-30-21-8-4-18(5-9-21)23(27)17-2-3-17/h4-11,17,20,25H,1-3,12-16H2/t20-/m0/s1. The zero-order chi connectivity index (χ0) is 21.8. The Balaban J connectivity index is 1.17. The minimum atomic E-state index is -3.54. The number of benzene rings is 2. The van der Waals surface area contributed by atoms with Gasteiger partial charge in [-0.05, 0) is 80.8 Å². The van der Waals surface area contributed by atoms with Gasteiger partial charge in [-0.3, -0.25) is 4.79 Å². The van der Waals surface area contributed by atoms with Crippen molar-refractivity contribution < 1.29 is 17.9 Å². The number of ether oxygens (including phenoxy) is 1. The lowest BCUT2D eigenvalue weighted by molar-refractivity contribution is 0.0967. The van der Waals surface area contributed by atoms with Crippen LogP contribution in [0.5, 0.6) is 5.75 Å². The van der Waals surface area contributed by atoms with Crippen LogP contribution >= 0.6 is 11.6 Å². The minimum absolute atomic E-state index is 0.0989. The van der Waals surface area contributed by atoms with Gasteiger partial charge in [-0.25, -0.2) is 13.1 Å². The first-order chi connectivity index (χ1) is 14.9. The molecule has 0 unspecified atom stereocenters. The number of carbonyl (C=O) groups excluding carboxylic acids is 1. The molecule has 2 fully saturated rings. The molecule has 4 rings (SSSR count). The fourth-order valence-corrected chi connectivity index (χ4v) is 5.20. The topological polar surface area (TPSA) is 75.7 Å². The second kappa shape index (κ2) is 9.69. The molecule has 1 atom stereocenters. The van der Waals surface area contributed by atoms with Crippen molar-refractivity contribution in [3.05, 3.63) is 59.1 Å². The van der Waals surface area contributed by atoms with Crippen molar-refractivity contribution in [3.8, 4) is 5.75 Å². The first-order valence-electron chi connectivity index (χ1n) is 10.7. The smallest absolute Gasteiger partial charge is 0.240 e. The van der Waals surface area contributed by atoms with Crippen LogP contribution in [0.1, 0.15) is 36.0 Å². The van der Waals surface area contributed by atoms with Crippen molar-refractivity contribution in [3.63, 3.8) is 0 Å². The van der Waals surface area contributed by atoms with Crippen molar-refractivity contribution in [1.29, 1.82) is 0 Å². The number of halogens is 1. The van der Waals surface area contributed by atoms with Crippen molar-refractivity contribution in [2.45, 2.75) is 36.6 Å². The highest BCUT2D eigenvalue weighted by Crippen LogP contribution is 2.32. The molecule has 1 saturated carbocycles. The van der Waals surface area contributed by atoms with Crippen LogP contribution in [0.25, 0.3) is 0 Å². The highest BCUT2D eigenvalue weighted by Gasteiger charge is 2.30. The molecule has 0 amide bonds. The van der Waals surface area contributed by atoms with E-state index in [1.54, 1.807) is 12.1 Å². The SMILES string of the molecule is O=C(c1ccc(OCCCN2CC[C@H](NS(=O)(=O)c3ccc(Cl)cc3)C2)cc1)C1CC1. The van der Waals surface area contributed by atoms with Crippen LogP contribution in [0.3, 0.4) is 0 Å². The lowest BCUT2D eigenvalue weighted by atomic mass is 10.1. The van der Waals surface area contributed by atoms with Gasteiger partial charge >= 0.3 is 0 Å². The number of hydrogen-bond acceptors (Lipinski definition) is 5. The van der Waals surface area contributed by atoms with E-state index in [2.05, 4.69) is 9.62 Å². The van der Waals surface area contributed by atoms with Crippen LogP contribution in [0, 0.1) is 5.92 Å². The molecular weight excluding hydrogens is 436 g/mol. The average molecular weight is 463 g/mol. The Morgan fingerprint density at radius 3 is 2.45 bits per heavy atom. The van der Waals surface area contributed by atoms with Crippen molar-refractivity contribution >= 4 is 27.4 Å². The lowest BCUT2D eigenvalue weighted by Gasteiger charge is -2.17. The van der Waals surface area contributed by atoms with E-state index >= 15 is 0 Å². The van der Waals surface area contributed by atoms with E-state index in [1.165, 1.54) is 12.1 Å². The van der Waals surface area contributed by atoms with Crippen LogP contribution in [0.4, 0.5) is 0 Å². The van der Waals surface area contributed by atoms with Crippen molar-refractivity contribution in [2.75, 3.05) is 26.2 Å². The fraction of sp³-hybridized carbons (Fsp3) is 0.435. The van der Waals surface area contributed by atoms with E-state index in [4.69, 9.17) is 16.3 Å². The van der Waals surface area contributed by atoms with Gasteiger partial charge in [0.25, 0.3) is 0 Å². The molecule has 1 aliphatic heterocycles. The normalized spacial score (nSPS) is 19.5. The van der Waals surface area contributed by atoms with Gasteiger partial charge in [0, 0.05) is 35.6 Å². The van der Waals surface area contributed by atoms with Crippen LogP contribution in [-0.4, -0.2) is 51.4 Å². The predicted molar refractivity (Wildman–Crippen MR) is 120 cm³/mol. The summed E-state index contributed by atoms with van der Waals surface area (Å²) in [6, 6.07) is 13.5. The van der Waals surface area contributed by atoms with Crippen LogP contribution in [0.15, 0.2) is 53.4 Å². The van der Waals surface area contributed by atoms with E-state index < -0.39 is 10.0 Å². The Kier molecular flexibility index (Phi) is 6.96. The average Bonchev–Trinajstić information content (AvgIpc) is 3.52. The van der Waals surface area contributed by atoms with E-state index in [1.807, 2.05) is 24.3 Å². The summed E-state index contributed by atoms with van der Waals surface area (Å²) in [5, 5.41) is 0.510. The highest BCUT2D eigenvalue weighted by molar-refractivity contribution is 7.89. The second-order valence-electron chi connectivity index (χ2n) is 8.23. The maximum atomic E-state index is 12.5. The summed E-state index contributed by atoms with van der Waals surface area (Å²) in [4.78, 5) is 14.5. The Hall–Kier alpha value is -1.93. The Bertz CT molecular complexity index is 1000. The van der Waals surface area contributed by atoms with Crippen molar-refractivity contribution in [2.24, 2.45) is 5.92 Å². The van der Waals surface area contributed by atoms with Gasteiger partial charge < -0.3 is 9.64 Å². The number of likely N-dealkylation sites (tertiary alicyclic amines) is 1. The number of ketones is 1. The number of Topliss-reactive ketones (excluding diaryl/α,β-unsaturated/α-hetero) is 1. The molecule has 166 valence electrons. The minimum Gasteiger partial charge on any atom is -0.494 e. The molecule has 0 bridgehead atoms. The number of hydrogen-bond donors (Lipinski definition) is 1. The molecule has 1 heterocycles. The molecule has 2 aromatic carbocycles. The third-order valence-corrected chi connectivity index (χ3v) is 7.48. The largest absolute Gasteiger partial charge is 0.494 e. The third-order valence-electron chi connectivity index (χ3n) is 5.69. The Labute approximate surface area is 188 Å². The molecule has 1 aliphatic carbocycles.